The second kappa shape index (κ2) is 4.15. The monoisotopic (exact) mass is 102 g/mol. The van der Waals surface area contributed by atoms with Gasteiger partial charge in [-0.3, -0.25) is 0 Å². The first-order valence-corrected chi connectivity index (χ1v) is 1.79. The molecule has 0 rings (SSSR count). The molecule has 0 aliphatic carbocycles. The molecule has 1 N–H and O–H groups in total. The second-order valence-electron chi connectivity index (χ2n) is 2.68. The molecule has 0 saturated carbocycles. The third-order valence-electron chi connectivity index (χ3n) is 0. The first kappa shape index (κ1) is 15.8. The maximum Gasteiger partial charge on any atom is 0.0675 e. The van der Waals surface area contributed by atoms with Gasteiger partial charge in [0.25, 0.3) is 0 Å². The van der Waals surface area contributed by atoms with Crippen LogP contribution in [-0.2, 0) is 0 Å². The first-order valence-electron chi connectivity index (χ1n) is 1.79. The average Bonchev–Trinajstić information content (AvgIpc) is 0.722. The third kappa shape index (κ3) is 419000. The van der Waals surface area contributed by atoms with Gasteiger partial charge in [0.1, 0.15) is 0 Å². The third-order valence-corrected chi connectivity index (χ3v) is 0. The highest BCUT2D eigenvalue weighted by Gasteiger charge is 1.88. The highest BCUT2D eigenvalue weighted by Crippen LogP contribution is 1.73. The van der Waals surface area contributed by atoms with Crippen LogP contribution in [0.4, 0.5) is 0 Å². The van der Waals surface area contributed by atoms with Crippen LogP contribution in [0.15, 0.2) is 0 Å². The van der Waals surface area contributed by atoms with Crippen molar-refractivity contribution in [3.8, 4) is 0 Å². The van der Waals surface area contributed by atoms with Gasteiger partial charge in [0.2, 0.25) is 0 Å². The van der Waals surface area contributed by atoms with Crippen molar-refractivity contribution >= 4 is 8.41 Å². The van der Waals surface area contributed by atoms with E-state index in [1.807, 2.05) is 0 Å². The van der Waals surface area contributed by atoms with Crippen molar-refractivity contribution in [2.75, 3.05) is 28.2 Å². The zero-order valence-electron chi connectivity index (χ0n) is 5.47. The summed E-state index contributed by atoms with van der Waals surface area (Å²) in [5.74, 6) is 0. The lowest BCUT2D eigenvalue weighted by molar-refractivity contribution is -0.849. The molecule has 0 amide bonds. The quantitative estimate of drug-likeness (QED) is 0.306. The van der Waals surface area contributed by atoms with E-state index in [9.17, 15) is 0 Å². The van der Waals surface area contributed by atoms with Gasteiger partial charge in [0.05, 0.1) is 28.2 Å². The summed E-state index contributed by atoms with van der Waals surface area (Å²) in [6.07, 6.45) is 0. The normalized spacial score (nSPS) is 8.57. The van der Waals surface area contributed by atoms with Gasteiger partial charge in [-0.25, -0.2) is 0 Å². The predicted molar refractivity (Wildman–Crippen MR) is 31.6 cm³/mol. The Morgan fingerprint density at radius 3 is 0.857 bits per heavy atom. The average molecular weight is 102 g/mol. The van der Waals surface area contributed by atoms with Crippen LogP contribution < -0.4 is 0 Å². The Labute approximate surface area is 47.6 Å². The maximum absolute atomic E-state index is 2.12. The van der Waals surface area contributed by atoms with Crippen LogP contribution in [0, 0.1) is 0 Å². The first-order chi connectivity index (χ1) is 2.00. The van der Waals surface area contributed by atoms with Gasteiger partial charge in [0.15, 0.2) is 0 Å². The van der Waals surface area contributed by atoms with Crippen molar-refractivity contribution in [3.05, 3.63) is 0 Å². The Bertz CT molecular complexity index is 27.2. The fourth-order valence-electron chi connectivity index (χ4n) is 0. The smallest absolute Gasteiger partial charge is 0.0675 e. The van der Waals surface area contributed by atoms with Crippen LogP contribution in [0.25, 0.3) is 0 Å². The van der Waals surface area contributed by atoms with E-state index in [0.29, 0.717) is 0 Å². The minimum atomic E-state index is 0. The summed E-state index contributed by atoms with van der Waals surface area (Å²) >= 11 is 0. The van der Waals surface area contributed by atoms with E-state index in [-0.39, 0.29) is 13.9 Å². The van der Waals surface area contributed by atoms with Crippen molar-refractivity contribution < 1.29 is 9.96 Å². The van der Waals surface area contributed by atoms with Gasteiger partial charge in [-0.05, 0) is 0 Å². The van der Waals surface area contributed by atoms with Crippen LogP contribution in [0.3, 0.4) is 0 Å². The maximum atomic E-state index is 2.12. The highest BCUT2D eigenvalue weighted by atomic mass is 16.0. The van der Waals surface area contributed by atoms with Crippen LogP contribution in [0.5, 0.6) is 0 Å². The van der Waals surface area contributed by atoms with Crippen LogP contribution in [0.1, 0.15) is 0 Å². The summed E-state index contributed by atoms with van der Waals surface area (Å²) in [4.78, 5) is 0. The number of rotatable bonds is 0. The molecule has 3 radical (unpaired) electrons. The summed E-state index contributed by atoms with van der Waals surface area (Å²) in [6, 6.07) is 0. The van der Waals surface area contributed by atoms with Gasteiger partial charge in [0, 0.05) is 8.41 Å². The van der Waals surface area contributed by atoms with Crippen molar-refractivity contribution in [2.24, 2.45) is 0 Å². The molecule has 0 atom stereocenters. The number of quaternary nitrogens is 1. The molecule has 0 aromatic heterocycles. The highest BCUT2D eigenvalue weighted by molar-refractivity contribution is 5.75. The Morgan fingerprint density at radius 2 is 0.857 bits per heavy atom. The van der Waals surface area contributed by atoms with Crippen molar-refractivity contribution in [1.82, 2.24) is 0 Å². The minimum absolute atomic E-state index is 0. The van der Waals surface area contributed by atoms with E-state index in [1.165, 1.54) is 0 Å². The minimum Gasteiger partial charge on any atom is -0.870 e. The number of hydrogen-bond acceptors (Lipinski definition) is 1. The Kier molecular flexibility index (Phi) is 9.35. The lowest BCUT2D eigenvalue weighted by Crippen LogP contribution is -2.27. The van der Waals surface area contributed by atoms with Crippen molar-refractivity contribution in [1.29, 1.82) is 0 Å². The fraction of sp³-hybridized carbons (Fsp3) is 1.00. The fourth-order valence-corrected chi connectivity index (χ4v) is 0. The summed E-state index contributed by atoms with van der Waals surface area (Å²) < 4.78 is 1.00. The van der Waals surface area contributed by atoms with Crippen LogP contribution in [-0.4, -0.2) is 46.6 Å². The molecule has 0 aliphatic heterocycles. The molecule has 2 nitrogen and oxygen atoms in total. The largest absolute Gasteiger partial charge is 0.870 e. The summed E-state index contributed by atoms with van der Waals surface area (Å²) in [5.41, 5.74) is 0. The molecule has 0 heterocycles. The molecule has 3 heteroatoms. The molecule has 7 heavy (non-hydrogen) atoms. The van der Waals surface area contributed by atoms with Gasteiger partial charge in [-0.1, -0.05) is 0 Å². The van der Waals surface area contributed by atoms with Crippen molar-refractivity contribution in [3.63, 3.8) is 0 Å². The lowest BCUT2D eigenvalue weighted by Gasteiger charge is -2.14. The molecular formula is C4H13BNO. The van der Waals surface area contributed by atoms with E-state index in [0.717, 1.165) is 4.48 Å². The Hall–Kier alpha value is -0.0151. The van der Waals surface area contributed by atoms with E-state index in [4.69, 9.17) is 0 Å². The van der Waals surface area contributed by atoms with Gasteiger partial charge < -0.3 is 9.96 Å². The predicted octanol–water partition coefficient (Wildman–Crippen LogP) is -0.235. The van der Waals surface area contributed by atoms with E-state index < -0.39 is 0 Å². The van der Waals surface area contributed by atoms with Crippen molar-refractivity contribution in [2.45, 2.75) is 0 Å². The molecule has 0 spiro atoms. The summed E-state index contributed by atoms with van der Waals surface area (Å²) in [6.45, 7) is 0. The molecule has 43 valence electrons. The van der Waals surface area contributed by atoms with E-state index in [1.54, 1.807) is 0 Å². The zero-order valence-corrected chi connectivity index (χ0v) is 5.47. The molecule has 0 aromatic rings. The topological polar surface area (TPSA) is 30.0 Å². The lowest BCUT2D eigenvalue weighted by atomic mass is 10.8. The van der Waals surface area contributed by atoms with E-state index in [2.05, 4.69) is 28.2 Å². The van der Waals surface area contributed by atoms with E-state index >= 15 is 0 Å². The summed E-state index contributed by atoms with van der Waals surface area (Å²) in [7, 11) is 8.50. The summed E-state index contributed by atoms with van der Waals surface area (Å²) in [5, 5.41) is 0. The SMILES string of the molecule is C[N+](C)(C)C.[B].[OH-]. The Balaban J connectivity index is -0.0000000800. The molecule has 0 aliphatic rings. The van der Waals surface area contributed by atoms with Crippen LogP contribution >= 0.6 is 0 Å². The van der Waals surface area contributed by atoms with Gasteiger partial charge in [-0.15, -0.1) is 0 Å². The number of nitrogens with zero attached hydrogens (tertiary/aromatic N) is 1. The number of hydrogen-bond donors (Lipinski definition) is 0. The molecular weight excluding hydrogens is 88.9 g/mol. The second-order valence-corrected chi connectivity index (χ2v) is 2.68. The molecule has 0 fully saturated rings. The molecule has 0 saturated heterocycles. The van der Waals surface area contributed by atoms with Gasteiger partial charge >= 0.3 is 0 Å². The molecule has 0 unspecified atom stereocenters. The zero-order chi connectivity index (χ0) is 4.50. The molecule has 0 bridgehead atoms. The Morgan fingerprint density at radius 1 is 0.857 bits per heavy atom. The van der Waals surface area contributed by atoms with Crippen LogP contribution in [0.2, 0.25) is 0 Å². The molecule has 0 aromatic carbocycles. The standard InChI is InChI=1S/C4H12N.B.H2O/c1-5(2,3)4;;/h1-4H3;;1H2/q+1;;/p-1. The van der Waals surface area contributed by atoms with Gasteiger partial charge in [-0.2, -0.15) is 0 Å².